The minimum absolute atomic E-state index is 0.243. The predicted molar refractivity (Wildman–Crippen MR) is 108 cm³/mol. The van der Waals surface area contributed by atoms with Crippen molar-refractivity contribution in [3.05, 3.63) is 40.3 Å². The molecule has 0 spiro atoms. The number of amides is 1. The van der Waals surface area contributed by atoms with Crippen LogP contribution in [0.3, 0.4) is 0 Å². The van der Waals surface area contributed by atoms with Gasteiger partial charge in [0, 0.05) is 5.69 Å². The van der Waals surface area contributed by atoms with Gasteiger partial charge in [0.25, 0.3) is 5.91 Å². The first-order valence-electron chi connectivity index (χ1n) is 8.40. The van der Waals surface area contributed by atoms with Gasteiger partial charge in [0.05, 0.1) is 24.7 Å². The van der Waals surface area contributed by atoms with Gasteiger partial charge in [-0.25, -0.2) is 4.79 Å². The number of carbonyl (C=O) groups excluding carboxylic acids is 2. The highest BCUT2D eigenvalue weighted by Gasteiger charge is 2.23. The van der Waals surface area contributed by atoms with E-state index in [4.69, 9.17) is 10.5 Å². The van der Waals surface area contributed by atoms with E-state index in [1.165, 1.54) is 7.11 Å². The summed E-state index contributed by atoms with van der Waals surface area (Å²) in [7, 11) is 2.84. The van der Waals surface area contributed by atoms with Crippen LogP contribution in [0.2, 0.25) is 0 Å². The molecule has 0 radical (unpaired) electrons. The first-order chi connectivity index (χ1) is 12.5. The van der Waals surface area contributed by atoms with Crippen LogP contribution >= 0.6 is 11.3 Å². The Kier molecular flexibility index (Phi) is 10.8. The van der Waals surface area contributed by atoms with Crippen LogP contribution in [0.25, 0.3) is 0 Å². The van der Waals surface area contributed by atoms with Crippen LogP contribution in [-0.2, 0) is 4.74 Å². The van der Waals surface area contributed by atoms with Crippen LogP contribution in [0.5, 0.6) is 5.75 Å². The fourth-order valence-electron chi connectivity index (χ4n) is 1.97. The average Bonchev–Trinajstić information content (AvgIpc) is 2.99. The van der Waals surface area contributed by atoms with Gasteiger partial charge in [-0.1, -0.05) is 27.7 Å². The number of thiophene rings is 1. The van der Waals surface area contributed by atoms with E-state index in [-0.39, 0.29) is 16.5 Å². The van der Waals surface area contributed by atoms with Gasteiger partial charge >= 0.3 is 5.97 Å². The highest BCUT2D eigenvalue weighted by atomic mass is 32.1. The molecule has 26 heavy (non-hydrogen) atoms. The number of rotatable bonds is 4. The molecule has 2 aromatic rings. The number of benzene rings is 1. The smallest absolute Gasteiger partial charge is 0.341 e. The Balaban J connectivity index is 0.00000146. The van der Waals surface area contributed by atoms with Gasteiger partial charge in [-0.2, -0.15) is 0 Å². The fourth-order valence-corrected chi connectivity index (χ4v) is 2.93. The molecule has 0 aliphatic heterocycles. The number of esters is 1. The third-order valence-corrected chi connectivity index (χ3v) is 4.24. The summed E-state index contributed by atoms with van der Waals surface area (Å²) in [5, 5.41) is 3.02. The quantitative estimate of drug-likeness (QED) is 0.748. The molecule has 0 bridgehead atoms. The Morgan fingerprint density at radius 3 is 2.04 bits per heavy atom. The molecule has 7 heteroatoms. The molecular weight excluding hydrogens is 352 g/mol. The first-order valence-corrected chi connectivity index (χ1v) is 9.22. The lowest BCUT2D eigenvalue weighted by Gasteiger charge is -2.06. The Labute approximate surface area is 159 Å². The largest absolute Gasteiger partial charge is 0.497 e. The summed E-state index contributed by atoms with van der Waals surface area (Å²) in [5.74, 6) is -0.174. The number of hydrogen-bond acceptors (Lipinski definition) is 6. The number of nitrogen functional groups attached to an aromatic ring is 1. The first kappa shape index (κ1) is 23.5. The summed E-state index contributed by atoms with van der Waals surface area (Å²) in [5.41, 5.74) is 7.19. The Hall–Kier alpha value is -2.54. The van der Waals surface area contributed by atoms with Crippen molar-refractivity contribution in [3.63, 3.8) is 0 Å². The molecule has 1 amide bonds. The van der Waals surface area contributed by atoms with Gasteiger partial charge in [-0.05, 0) is 36.8 Å². The second-order valence-electron chi connectivity index (χ2n) is 4.47. The summed E-state index contributed by atoms with van der Waals surface area (Å²) < 4.78 is 9.73. The minimum Gasteiger partial charge on any atom is -0.497 e. The van der Waals surface area contributed by atoms with Gasteiger partial charge in [0.15, 0.2) is 0 Å². The number of nitrogens with one attached hydrogen (secondary N) is 1. The van der Waals surface area contributed by atoms with E-state index >= 15 is 0 Å². The van der Waals surface area contributed by atoms with Crippen LogP contribution in [0.1, 0.15) is 53.3 Å². The van der Waals surface area contributed by atoms with Crippen molar-refractivity contribution in [2.45, 2.75) is 34.6 Å². The SMILES string of the molecule is CC.CC.COC(=O)c1c(N)sc(C(=O)Nc2ccc(OC)cc2)c1C. The number of hydrogen-bond donors (Lipinski definition) is 2. The number of methoxy groups -OCH3 is 2. The van der Waals surface area contributed by atoms with Crippen molar-refractivity contribution in [1.29, 1.82) is 0 Å². The van der Waals surface area contributed by atoms with E-state index in [1.54, 1.807) is 38.3 Å². The second-order valence-corrected chi connectivity index (χ2v) is 5.52. The minimum atomic E-state index is -0.547. The molecule has 0 fully saturated rings. The standard InChI is InChI=1S/C15H16N2O4S.2C2H6/c1-8-11(15(19)21-3)13(16)22-12(8)14(18)17-9-4-6-10(20-2)7-5-9;2*1-2/h4-7H,16H2,1-3H3,(H,17,18);2*1-2H3. The number of anilines is 2. The van der Waals surface area contributed by atoms with Gasteiger partial charge in [0.1, 0.15) is 10.8 Å². The van der Waals surface area contributed by atoms with Crippen molar-refractivity contribution >= 4 is 33.9 Å². The monoisotopic (exact) mass is 380 g/mol. The molecule has 0 saturated carbocycles. The van der Waals surface area contributed by atoms with E-state index < -0.39 is 5.97 Å². The highest BCUT2D eigenvalue weighted by molar-refractivity contribution is 7.18. The van der Waals surface area contributed by atoms with Crippen molar-refractivity contribution in [3.8, 4) is 5.75 Å². The Morgan fingerprint density at radius 2 is 1.58 bits per heavy atom. The maximum atomic E-state index is 12.3. The second kappa shape index (κ2) is 11.9. The highest BCUT2D eigenvalue weighted by Crippen LogP contribution is 2.31. The van der Waals surface area contributed by atoms with Gasteiger partial charge in [0.2, 0.25) is 0 Å². The maximum Gasteiger partial charge on any atom is 0.341 e. The van der Waals surface area contributed by atoms with E-state index in [9.17, 15) is 9.59 Å². The zero-order chi connectivity index (χ0) is 20.3. The molecule has 3 N–H and O–H groups in total. The van der Waals surface area contributed by atoms with E-state index in [1.807, 2.05) is 27.7 Å². The number of carbonyl (C=O) groups is 2. The van der Waals surface area contributed by atoms with Crippen molar-refractivity contribution < 1.29 is 19.1 Å². The van der Waals surface area contributed by atoms with Crippen LogP contribution < -0.4 is 15.8 Å². The van der Waals surface area contributed by atoms with Crippen molar-refractivity contribution in [1.82, 2.24) is 0 Å². The zero-order valence-electron chi connectivity index (χ0n) is 16.4. The summed E-state index contributed by atoms with van der Waals surface area (Å²) in [6.07, 6.45) is 0. The molecule has 0 saturated heterocycles. The lowest BCUT2D eigenvalue weighted by atomic mass is 10.1. The molecule has 0 aliphatic rings. The average molecular weight is 381 g/mol. The van der Waals surface area contributed by atoms with Crippen LogP contribution in [0.4, 0.5) is 10.7 Å². The summed E-state index contributed by atoms with van der Waals surface area (Å²) >= 11 is 1.06. The number of nitrogens with two attached hydrogens (primary N) is 1. The molecule has 0 atom stereocenters. The molecule has 1 aromatic carbocycles. The molecule has 1 aromatic heterocycles. The Bertz CT molecular complexity index is 709. The molecule has 0 unspecified atom stereocenters. The van der Waals surface area contributed by atoms with E-state index in [0.29, 0.717) is 21.9 Å². The predicted octanol–water partition coefficient (Wildman–Crippen LogP) is 4.74. The lowest BCUT2D eigenvalue weighted by molar-refractivity contribution is 0.0601. The summed E-state index contributed by atoms with van der Waals surface area (Å²) in [4.78, 5) is 24.4. The maximum absolute atomic E-state index is 12.3. The van der Waals surface area contributed by atoms with Crippen molar-refractivity contribution in [2.75, 3.05) is 25.3 Å². The molecule has 1 heterocycles. The molecule has 0 aliphatic carbocycles. The summed E-state index contributed by atoms with van der Waals surface area (Å²) in [6.45, 7) is 9.67. The van der Waals surface area contributed by atoms with E-state index in [0.717, 1.165) is 11.3 Å². The molecule has 144 valence electrons. The van der Waals surface area contributed by atoms with Crippen molar-refractivity contribution in [2.24, 2.45) is 0 Å². The third-order valence-electron chi connectivity index (χ3n) is 3.12. The normalized spacial score (nSPS) is 9.04. The molecule has 2 rings (SSSR count). The molecule has 6 nitrogen and oxygen atoms in total. The third kappa shape index (κ3) is 5.77. The van der Waals surface area contributed by atoms with E-state index in [2.05, 4.69) is 10.1 Å². The van der Waals surface area contributed by atoms with Gasteiger partial charge in [-0.15, -0.1) is 11.3 Å². The summed E-state index contributed by atoms with van der Waals surface area (Å²) in [6, 6.07) is 6.94. The van der Waals surface area contributed by atoms with Gasteiger partial charge in [-0.3, -0.25) is 4.79 Å². The van der Waals surface area contributed by atoms with Crippen LogP contribution in [0.15, 0.2) is 24.3 Å². The lowest BCUT2D eigenvalue weighted by Crippen LogP contribution is -2.12. The van der Waals surface area contributed by atoms with Crippen LogP contribution in [-0.4, -0.2) is 26.1 Å². The number of ether oxygens (including phenoxy) is 2. The molecular formula is C19H28N2O4S. The zero-order valence-corrected chi connectivity index (χ0v) is 17.2. The Morgan fingerprint density at radius 1 is 1.04 bits per heavy atom. The topological polar surface area (TPSA) is 90.7 Å². The van der Waals surface area contributed by atoms with Crippen LogP contribution in [0, 0.1) is 6.92 Å². The fraction of sp³-hybridized carbons (Fsp3) is 0.368. The van der Waals surface area contributed by atoms with Gasteiger partial charge < -0.3 is 20.5 Å².